The Bertz CT molecular complexity index is 374. The van der Waals surface area contributed by atoms with Gasteiger partial charge in [0.15, 0.2) is 0 Å². The molecule has 2 heteroatoms. The number of aryl methyl sites for hydroxylation is 1. The summed E-state index contributed by atoms with van der Waals surface area (Å²) >= 11 is 0. The van der Waals surface area contributed by atoms with E-state index < -0.39 is 5.97 Å². The van der Waals surface area contributed by atoms with E-state index in [9.17, 15) is 4.39 Å². The third-order valence-electron chi connectivity index (χ3n) is 1.85. The van der Waals surface area contributed by atoms with Crippen LogP contribution in [0, 0.1) is 6.92 Å². The van der Waals surface area contributed by atoms with Gasteiger partial charge in [-0.1, -0.05) is 56.8 Å². The number of hydrogen-bond donors (Lipinski definition) is 0. The Morgan fingerprint density at radius 2 is 1.75 bits per heavy atom. The summed E-state index contributed by atoms with van der Waals surface area (Å²) in [5.74, 6) is -0.594. The number of benzene rings is 1. The second-order valence-corrected chi connectivity index (χ2v) is 2.95. The topological polar surface area (TPSA) is 12.4 Å². The third kappa shape index (κ3) is 4.22. The van der Waals surface area contributed by atoms with Crippen molar-refractivity contribution >= 4 is 11.5 Å². The van der Waals surface area contributed by atoms with Crippen LogP contribution in [0.4, 0.5) is 4.39 Å². The molecule has 0 saturated heterocycles. The van der Waals surface area contributed by atoms with Gasteiger partial charge in [-0.2, -0.15) is 4.39 Å². The first-order chi connectivity index (χ1) is 7.65. The predicted octanol–water partition coefficient (Wildman–Crippen LogP) is 4.55. The molecule has 0 aliphatic rings. The van der Waals surface area contributed by atoms with E-state index in [1.165, 1.54) is 0 Å². The molecule has 1 aromatic rings. The van der Waals surface area contributed by atoms with Crippen LogP contribution in [-0.4, -0.2) is 5.97 Å². The van der Waals surface area contributed by atoms with E-state index in [1.807, 2.05) is 45.0 Å². The number of hydrogen-bond acceptors (Lipinski definition) is 1. The minimum atomic E-state index is -0.594. The van der Waals surface area contributed by atoms with Crippen molar-refractivity contribution in [3.63, 3.8) is 0 Å². The van der Waals surface area contributed by atoms with Gasteiger partial charge in [0.05, 0.1) is 0 Å². The molecular formula is C14H18FN. The van der Waals surface area contributed by atoms with Crippen LogP contribution in [0.15, 0.2) is 48.6 Å². The van der Waals surface area contributed by atoms with Crippen molar-refractivity contribution < 1.29 is 4.39 Å². The highest BCUT2D eigenvalue weighted by Crippen LogP contribution is 2.15. The first-order valence-corrected chi connectivity index (χ1v) is 5.25. The lowest BCUT2D eigenvalue weighted by Crippen LogP contribution is -1.92. The van der Waals surface area contributed by atoms with Crippen molar-refractivity contribution in [1.82, 2.24) is 0 Å². The van der Waals surface area contributed by atoms with Crippen molar-refractivity contribution in [2.45, 2.75) is 20.8 Å². The summed E-state index contributed by atoms with van der Waals surface area (Å²) in [7, 11) is 0. The highest BCUT2D eigenvalue weighted by molar-refractivity contribution is 6.18. The molecule has 0 atom stereocenters. The summed E-state index contributed by atoms with van der Waals surface area (Å²) in [4.78, 5) is 3.44. The molecular weight excluding hydrogens is 201 g/mol. The van der Waals surface area contributed by atoms with Gasteiger partial charge in [0.2, 0.25) is 5.97 Å². The first kappa shape index (κ1) is 14.3. The van der Waals surface area contributed by atoms with Crippen LogP contribution < -0.4 is 0 Å². The van der Waals surface area contributed by atoms with E-state index in [1.54, 1.807) is 0 Å². The molecule has 0 aliphatic carbocycles. The molecule has 16 heavy (non-hydrogen) atoms. The summed E-state index contributed by atoms with van der Waals surface area (Å²) in [5.41, 5.74) is 2.14. The maximum absolute atomic E-state index is 13.2. The molecule has 0 unspecified atom stereocenters. The number of rotatable bonds is 3. The van der Waals surface area contributed by atoms with Crippen molar-refractivity contribution in [1.29, 1.82) is 0 Å². The van der Waals surface area contributed by atoms with E-state index in [-0.39, 0.29) is 5.57 Å². The summed E-state index contributed by atoms with van der Waals surface area (Å²) in [6.45, 7) is 12.9. The van der Waals surface area contributed by atoms with E-state index in [0.717, 1.165) is 17.3 Å². The number of nitrogens with zero attached hydrogens (tertiary/aromatic N) is 1. The van der Waals surface area contributed by atoms with Gasteiger partial charge in [0, 0.05) is 11.8 Å². The molecule has 0 bridgehead atoms. The van der Waals surface area contributed by atoms with Gasteiger partial charge in [-0.3, -0.25) is 0 Å². The summed E-state index contributed by atoms with van der Waals surface area (Å²) in [6, 6.07) is 7.44. The Balaban J connectivity index is 0.00000106. The van der Waals surface area contributed by atoms with E-state index in [0.29, 0.717) is 0 Å². The second kappa shape index (κ2) is 7.57. The van der Waals surface area contributed by atoms with Gasteiger partial charge in [0.1, 0.15) is 0 Å². The van der Waals surface area contributed by atoms with Crippen molar-refractivity contribution in [2.75, 3.05) is 0 Å². The van der Waals surface area contributed by atoms with Crippen LogP contribution in [-0.2, 0) is 0 Å². The fourth-order valence-electron chi connectivity index (χ4n) is 1.03. The maximum atomic E-state index is 13.2. The van der Waals surface area contributed by atoms with E-state index in [2.05, 4.69) is 18.2 Å². The van der Waals surface area contributed by atoms with Crippen molar-refractivity contribution in [2.24, 2.45) is 4.99 Å². The molecule has 0 saturated carbocycles. The third-order valence-corrected chi connectivity index (χ3v) is 1.85. The van der Waals surface area contributed by atoms with Gasteiger partial charge >= 0.3 is 0 Å². The van der Waals surface area contributed by atoms with Gasteiger partial charge in [-0.05, 0) is 12.5 Å². The van der Waals surface area contributed by atoms with Crippen LogP contribution in [0.3, 0.4) is 0 Å². The van der Waals surface area contributed by atoms with Gasteiger partial charge in [-0.15, -0.1) is 0 Å². The quantitative estimate of drug-likeness (QED) is 0.661. The normalized spacial score (nSPS) is 10.1. The second-order valence-electron chi connectivity index (χ2n) is 2.95. The van der Waals surface area contributed by atoms with Crippen LogP contribution in [0.25, 0.3) is 5.57 Å². The molecule has 0 N–H and O–H groups in total. The van der Waals surface area contributed by atoms with Crippen LogP contribution in [0.2, 0.25) is 0 Å². The molecule has 0 spiro atoms. The Kier molecular flexibility index (Phi) is 6.77. The minimum absolute atomic E-state index is 0.282. The number of halogens is 1. The Hall–Kier alpha value is -1.70. The zero-order valence-electron chi connectivity index (χ0n) is 10.1. The fourth-order valence-corrected chi connectivity index (χ4v) is 1.03. The molecule has 0 fully saturated rings. The van der Waals surface area contributed by atoms with E-state index >= 15 is 0 Å². The average molecular weight is 219 g/mol. The maximum Gasteiger partial charge on any atom is 0.220 e. The summed E-state index contributed by atoms with van der Waals surface area (Å²) in [6.07, 6.45) is 1.16. The highest BCUT2D eigenvalue weighted by atomic mass is 19.1. The van der Waals surface area contributed by atoms with Crippen LogP contribution >= 0.6 is 0 Å². The van der Waals surface area contributed by atoms with Crippen LogP contribution in [0.5, 0.6) is 0 Å². The molecule has 0 aliphatic heterocycles. The molecule has 1 nitrogen and oxygen atoms in total. The Labute approximate surface area is 97.0 Å². The van der Waals surface area contributed by atoms with E-state index in [4.69, 9.17) is 0 Å². The molecule has 0 heterocycles. The average Bonchev–Trinajstić information content (AvgIpc) is 2.32. The zero-order chi connectivity index (χ0) is 12.6. The van der Waals surface area contributed by atoms with Crippen LogP contribution in [0.1, 0.15) is 25.0 Å². The lowest BCUT2D eigenvalue weighted by atomic mass is 10.1. The molecule has 86 valence electrons. The van der Waals surface area contributed by atoms with Crippen molar-refractivity contribution in [3.8, 4) is 0 Å². The smallest absolute Gasteiger partial charge is 0.220 e. The Morgan fingerprint density at radius 3 is 2.19 bits per heavy atom. The Morgan fingerprint density at radius 1 is 1.25 bits per heavy atom. The zero-order valence-corrected chi connectivity index (χ0v) is 10.1. The van der Waals surface area contributed by atoms with Gasteiger partial charge in [-0.25, -0.2) is 4.99 Å². The first-order valence-electron chi connectivity index (χ1n) is 5.25. The molecule has 1 rings (SSSR count). The summed E-state index contributed by atoms with van der Waals surface area (Å²) in [5, 5.41) is 0. The van der Waals surface area contributed by atoms with Crippen molar-refractivity contribution in [3.05, 3.63) is 54.8 Å². The standard InChI is InChI=1S/C12H12FN.C2H6/c1-4-14-12(13)10(3)11-7-5-9(2)6-8-11;1-2/h4-8H,1,3H2,2H3;1-2H3. The summed E-state index contributed by atoms with van der Waals surface area (Å²) < 4.78 is 13.2. The minimum Gasteiger partial charge on any atom is -0.228 e. The predicted molar refractivity (Wildman–Crippen MR) is 70.3 cm³/mol. The molecule has 1 aromatic carbocycles. The SMILES string of the molecule is C=CN=C(F)C(=C)c1ccc(C)cc1.CC. The molecule has 0 radical (unpaired) electrons. The lowest BCUT2D eigenvalue weighted by Gasteiger charge is -2.01. The van der Waals surface area contributed by atoms with Gasteiger partial charge < -0.3 is 0 Å². The molecule has 0 amide bonds. The number of aliphatic imine (C=N–C) groups is 1. The van der Waals surface area contributed by atoms with Gasteiger partial charge in [0.25, 0.3) is 0 Å². The number of allylic oxidation sites excluding steroid dienone is 1. The molecule has 0 aromatic heterocycles. The fraction of sp³-hybridized carbons (Fsp3) is 0.214. The largest absolute Gasteiger partial charge is 0.228 e. The highest BCUT2D eigenvalue weighted by Gasteiger charge is 2.04. The monoisotopic (exact) mass is 219 g/mol. The lowest BCUT2D eigenvalue weighted by molar-refractivity contribution is 0.816.